The van der Waals surface area contributed by atoms with Gasteiger partial charge in [0.15, 0.2) is 10.4 Å². The van der Waals surface area contributed by atoms with Crippen LogP contribution < -0.4 is 5.43 Å². The number of amides is 1. The molecule has 0 unspecified atom stereocenters. The van der Waals surface area contributed by atoms with Gasteiger partial charge in [0, 0.05) is 6.21 Å². The number of carbonyl (C=O) groups is 1. The molecular weight excluding hydrogens is 308 g/mol. The molecule has 1 aromatic heterocycles. The second kappa shape index (κ2) is 6.89. The Morgan fingerprint density at radius 2 is 2.05 bits per heavy atom. The summed E-state index contributed by atoms with van der Waals surface area (Å²) in [5, 5.41) is 3.87. The van der Waals surface area contributed by atoms with Crippen LogP contribution in [0.1, 0.15) is 22.5 Å². The lowest BCUT2D eigenvalue weighted by atomic mass is 10.1. The van der Waals surface area contributed by atoms with Gasteiger partial charge in [0.25, 0.3) is 0 Å². The molecule has 1 amide bonds. The highest BCUT2D eigenvalue weighted by molar-refractivity contribution is 9.10. The van der Waals surface area contributed by atoms with Crippen LogP contribution in [-0.4, -0.2) is 12.1 Å². The second-order valence-electron chi connectivity index (χ2n) is 3.88. The Morgan fingerprint density at radius 3 is 2.74 bits per heavy atom. The van der Waals surface area contributed by atoms with E-state index in [1.807, 2.05) is 18.2 Å². The summed E-state index contributed by atoms with van der Waals surface area (Å²) in [7, 11) is 0. The van der Waals surface area contributed by atoms with Crippen LogP contribution in [0.4, 0.5) is 0 Å². The van der Waals surface area contributed by atoms with E-state index in [1.54, 1.807) is 18.3 Å². The number of hydrazone groups is 1. The molecule has 0 fully saturated rings. The minimum atomic E-state index is -0.360. The van der Waals surface area contributed by atoms with E-state index in [2.05, 4.69) is 38.6 Å². The molecule has 5 heteroatoms. The van der Waals surface area contributed by atoms with Gasteiger partial charge in [-0.1, -0.05) is 30.3 Å². The average molecular weight is 321 g/mol. The van der Waals surface area contributed by atoms with Gasteiger partial charge in [-0.15, -0.1) is 0 Å². The number of carbonyl (C=O) groups excluding carboxylic acids is 1. The predicted octanol–water partition coefficient (Wildman–Crippen LogP) is 3.39. The maximum absolute atomic E-state index is 11.6. The molecule has 2 rings (SSSR count). The van der Waals surface area contributed by atoms with Crippen molar-refractivity contribution in [3.8, 4) is 0 Å². The number of hydrogen-bond donors (Lipinski definition) is 1. The van der Waals surface area contributed by atoms with Crippen LogP contribution in [0.5, 0.6) is 0 Å². The van der Waals surface area contributed by atoms with Gasteiger partial charge in [0.05, 0.1) is 0 Å². The molecule has 1 heterocycles. The minimum absolute atomic E-state index is 0.229. The van der Waals surface area contributed by atoms with Gasteiger partial charge in [-0.25, -0.2) is 5.43 Å². The van der Waals surface area contributed by atoms with Gasteiger partial charge in [0.2, 0.25) is 0 Å². The molecule has 4 nitrogen and oxygen atoms in total. The second-order valence-corrected chi connectivity index (χ2v) is 4.66. The van der Waals surface area contributed by atoms with Gasteiger partial charge in [-0.3, -0.25) is 4.79 Å². The van der Waals surface area contributed by atoms with Gasteiger partial charge in [0.1, 0.15) is 0 Å². The molecule has 98 valence electrons. The summed E-state index contributed by atoms with van der Waals surface area (Å²) in [6, 6.07) is 13.4. The van der Waals surface area contributed by atoms with Crippen LogP contribution in [0.15, 0.2) is 56.7 Å². The number of aryl methyl sites for hydroxylation is 1. The number of nitrogens with one attached hydrogen (secondary N) is 1. The van der Waals surface area contributed by atoms with Crippen LogP contribution >= 0.6 is 15.9 Å². The molecular formula is C14H13BrN2O2. The third kappa shape index (κ3) is 4.37. The fraction of sp³-hybridized carbons (Fsp3) is 0.143. The monoisotopic (exact) mass is 320 g/mol. The zero-order valence-corrected chi connectivity index (χ0v) is 11.8. The summed E-state index contributed by atoms with van der Waals surface area (Å²) in [5.41, 5.74) is 3.66. The number of nitrogens with zero attached hydrogens (tertiary/aromatic N) is 1. The summed E-state index contributed by atoms with van der Waals surface area (Å²) in [4.78, 5) is 11.6. The van der Waals surface area contributed by atoms with Crippen molar-refractivity contribution in [3.05, 3.63) is 58.5 Å². The first-order chi connectivity index (χ1) is 9.25. The fourth-order valence-corrected chi connectivity index (χ4v) is 1.84. The molecule has 0 aliphatic heterocycles. The highest BCUT2D eigenvalue weighted by Crippen LogP contribution is 2.13. The lowest BCUT2D eigenvalue weighted by Gasteiger charge is -1.97. The summed E-state index contributed by atoms with van der Waals surface area (Å²) in [6.07, 6.45) is 3.35. The van der Waals surface area contributed by atoms with Crippen LogP contribution in [0.2, 0.25) is 0 Å². The summed E-state index contributed by atoms with van der Waals surface area (Å²) in [5.74, 6) is -0.131. The van der Waals surface area contributed by atoms with E-state index in [0.29, 0.717) is 4.67 Å². The first kappa shape index (κ1) is 13.5. The van der Waals surface area contributed by atoms with E-state index in [0.717, 1.165) is 12.8 Å². The van der Waals surface area contributed by atoms with Crippen molar-refractivity contribution in [1.29, 1.82) is 0 Å². The highest BCUT2D eigenvalue weighted by Gasteiger charge is 2.08. The summed E-state index contributed by atoms with van der Waals surface area (Å²) < 4.78 is 5.62. The summed E-state index contributed by atoms with van der Waals surface area (Å²) in [6.45, 7) is 0. The largest absolute Gasteiger partial charge is 0.444 e. The van der Waals surface area contributed by atoms with E-state index in [-0.39, 0.29) is 11.7 Å². The van der Waals surface area contributed by atoms with Gasteiger partial charge >= 0.3 is 5.91 Å². The number of benzene rings is 1. The maximum atomic E-state index is 11.6. The fourth-order valence-electron chi connectivity index (χ4n) is 1.54. The normalized spacial score (nSPS) is 10.8. The summed E-state index contributed by atoms with van der Waals surface area (Å²) >= 11 is 3.13. The molecule has 0 aliphatic rings. The smallest absolute Gasteiger partial charge is 0.307 e. The molecule has 19 heavy (non-hydrogen) atoms. The Morgan fingerprint density at radius 1 is 1.26 bits per heavy atom. The first-order valence-corrected chi connectivity index (χ1v) is 6.66. The molecule has 0 saturated carbocycles. The van der Waals surface area contributed by atoms with E-state index in [9.17, 15) is 4.79 Å². The van der Waals surface area contributed by atoms with Gasteiger partial charge < -0.3 is 4.42 Å². The zero-order chi connectivity index (χ0) is 13.5. The van der Waals surface area contributed by atoms with Crippen molar-refractivity contribution in [2.24, 2.45) is 5.10 Å². The number of hydrogen-bond acceptors (Lipinski definition) is 3. The van der Waals surface area contributed by atoms with Gasteiger partial charge in [-0.2, -0.15) is 5.10 Å². The minimum Gasteiger partial charge on any atom is -0.444 e. The van der Waals surface area contributed by atoms with Crippen molar-refractivity contribution in [2.45, 2.75) is 12.8 Å². The lowest BCUT2D eigenvalue weighted by Crippen LogP contribution is -2.16. The standard InChI is InChI=1S/C14H13BrN2O2/c15-13-9-8-12(19-13)14(18)17-16-10-4-7-11-5-2-1-3-6-11/h1-3,5-6,8-10H,4,7H2,(H,17,18)/b16-10+. The Bertz CT molecular complexity index is 564. The molecule has 1 N–H and O–H groups in total. The number of halogens is 1. The van der Waals surface area contributed by atoms with Crippen molar-refractivity contribution < 1.29 is 9.21 Å². The van der Waals surface area contributed by atoms with E-state index >= 15 is 0 Å². The molecule has 2 aromatic rings. The van der Waals surface area contributed by atoms with Crippen molar-refractivity contribution in [2.75, 3.05) is 0 Å². The Balaban J connectivity index is 1.73. The predicted molar refractivity (Wildman–Crippen MR) is 77.1 cm³/mol. The van der Waals surface area contributed by atoms with Gasteiger partial charge in [-0.05, 0) is 46.5 Å². The first-order valence-electron chi connectivity index (χ1n) is 5.87. The third-order valence-electron chi connectivity index (χ3n) is 2.46. The van der Waals surface area contributed by atoms with Crippen molar-refractivity contribution in [3.63, 3.8) is 0 Å². The molecule has 1 aromatic carbocycles. The van der Waals surface area contributed by atoms with Crippen molar-refractivity contribution >= 4 is 28.1 Å². The quantitative estimate of drug-likeness (QED) is 0.678. The maximum Gasteiger partial charge on any atom is 0.307 e. The van der Waals surface area contributed by atoms with Crippen LogP contribution in [0.3, 0.4) is 0 Å². The average Bonchev–Trinajstić information content (AvgIpc) is 2.86. The van der Waals surface area contributed by atoms with Crippen LogP contribution in [0, 0.1) is 0 Å². The SMILES string of the molecule is O=C(N/N=C/CCc1ccccc1)c1ccc(Br)o1. The number of furan rings is 1. The van der Waals surface area contributed by atoms with Crippen LogP contribution in [0.25, 0.3) is 0 Å². The van der Waals surface area contributed by atoms with E-state index in [1.165, 1.54) is 5.56 Å². The molecule has 0 spiro atoms. The Hall–Kier alpha value is -1.88. The molecule has 0 saturated heterocycles. The highest BCUT2D eigenvalue weighted by atomic mass is 79.9. The van der Waals surface area contributed by atoms with E-state index < -0.39 is 0 Å². The van der Waals surface area contributed by atoms with E-state index in [4.69, 9.17) is 4.42 Å². The third-order valence-corrected chi connectivity index (χ3v) is 2.89. The topological polar surface area (TPSA) is 54.6 Å². The van der Waals surface area contributed by atoms with Crippen LogP contribution in [-0.2, 0) is 6.42 Å². The molecule has 0 bridgehead atoms. The van der Waals surface area contributed by atoms with Crippen molar-refractivity contribution in [1.82, 2.24) is 5.43 Å². The molecule has 0 atom stereocenters. The Labute approximate surface area is 119 Å². The molecule has 0 radical (unpaired) electrons. The lowest BCUT2D eigenvalue weighted by molar-refractivity contribution is 0.0926. The molecule has 0 aliphatic carbocycles. The number of rotatable bonds is 5. The zero-order valence-electron chi connectivity index (χ0n) is 10.2. The Kier molecular flexibility index (Phi) is 4.92.